The van der Waals surface area contributed by atoms with Gasteiger partial charge in [-0.2, -0.15) is 0 Å². The molecule has 0 spiro atoms. The third-order valence-electron chi connectivity index (χ3n) is 2.84. The lowest BCUT2D eigenvalue weighted by atomic mass is 10.3. The largest absolute Gasteiger partial charge is 0.492 e. The molecule has 1 aliphatic heterocycles. The Labute approximate surface area is 103 Å². The van der Waals surface area contributed by atoms with Gasteiger partial charge in [0, 0.05) is 27.2 Å². The number of nitrogens with zero attached hydrogens (tertiary/aromatic N) is 3. The molecule has 0 atom stereocenters. The Morgan fingerprint density at radius 2 is 1.82 bits per heavy atom. The molecule has 0 bridgehead atoms. The van der Waals surface area contributed by atoms with Gasteiger partial charge >= 0.3 is 0 Å². The van der Waals surface area contributed by atoms with Gasteiger partial charge in [-0.3, -0.25) is 0 Å². The number of hydrogen-bond donors (Lipinski definition) is 0. The maximum absolute atomic E-state index is 5.57. The van der Waals surface area contributed by atoms with Crippen LogP contribution in [0.2, 0.25) is 0 Å². The first-order valence-electron chi connectivity index (χ1n) is 5.95. The fraction of sp³-hybridized carbons (Fsp3) is 0.462. The summed E-state index contributed by atoms with van der Waals surface area (Å²) < 4.78 is 5.57. The molecule has 0 radical (unpaired) electrons. The molecule has 0 amide bonds. The summed E-state index contributed by atoms with van der Waals surface area (Å²) in [5.41, 5.74) is 0.893. The summed E-state index contributed by atoms with van der Waals surface area (Å²) in [6.45, 7) is 4.68. The average molecular weight is 233 g/mol. The Morgan fingerprint density at radius 1 is 1.18 bits per heavy atom. The molecule has 2 rings (SSSR count). The van der Waals surface area contributed by atoms with Crippen molar-refractivity contribution in [3.8, 4) is 5.75 Å². The van der Waals surface area contributed by atoms with Gasteiger partial charge in [0.2, 0.25) is 5.96 Å². The Balaban J connectivity index is 2.31. The van der Waals surface area contributed by atoms with Crippen molar-refractivity contribution in [1.29, 1.82) is 0 Å². The summed E-state index contributed by atoms with van der Waals surface area (Å²) in [6.07, 6.45) is 0. The number of hydrogen-bond acceptors (Lipinski definition) is 2. The van der Waals surface area contributed by atoms with Crippen molar-refractivity contribution in [2.24, 2.45) is 4.99 Å². The van der Waals surface area contributed by atoms with Crippen LogP contribution in [-0.4, -0.2) is 49.6 Å². The van der Waals surface area contributed by atoms with E-state index in [1.54, 1.807) is 0 Å². The Kier molecular flexibility index (Phi) is 3.52. The monoisotopic (exact) mass is 233 g/mol. The number of benzene rings is 1. The van der Waals surface area contributed by atoms with Crippen LogP contribution in [0.5, 0.6) is 5.75 Å². The van der Waals surface area contributed by atoms with Crippen molar-refractivity contribution < 1.29 is 4.74 Å². The number of likely N-dealkylation sites (N-methyl/N-ethyl adjacent to an activating group) is 2. The maximum atomic E-state index is 5.57. The lowest BCUT2D eigenvalue weighted by Gasteiger charge is -2.16. The van der Waals surface area contributed by atoms with Crippen molar-refractivity contribution in [3.05, 3.63) is 24.3 Å². The van der Waals surface area contributed by atoms with Crippen molar-refractivity contribution in [1.82, 2.24) is 9.80 Å². The zero-order chi connectivity index (χ0) is 12.3. The molecule has 0 aliphatic carbocycles. The summed E-state index contributed by atoms with van der Waals surface area (Å²) in [6, 6.07) is 7.89. The van der Waals surface area contributed by atoms with Gasteiger partial charge in [0.1, 0.15) is 11.4 Å². The van der Waals surface area contributed by atoms with Crippen LogP contribution in [-0.2, 0) is 0 Å². The van der Waals surface area contributed by atoms with Gasteiger partial charge in [0.05, 0.1) is 6.61 Å². The Morgan fingerprint density at radius 3 is 2.47 bits per heavy atom. The van der Waals surface area contributed by atoms with E-state index < -0.39 is 0 Å². The van der Waals surface area contributed by atoms with Crippen molar-refractivity contribution in [2.75, 3.05) is 33.8 Å². The summed E-state index contributed by atoms with van der Waals surface area (Å²) in [5, 5.41) is 0. The molecule has 1 aromatic rings. The summed E-state index contributed by atoms with van der Waals surface area (Å²) in [5.74, 6) is 1.84. The van der Waals surface area contributed by atoms with Gasteiger partial charge in [-0.05, 0) is 19.1 Å². The van der Waals surface area contributed by atoms with E-state index in [0.29, 0.717) is 6.61 Å². The highest BCUT2D eigenvalue weighted by Gasteiger charge is 2.20. The van der Waals surface area contributed by atoms with Gasteiger partial charge in [0.15, 0.2) is 0 Å². The molecule has 0 unspecified atom stereocenters. The topological polar surface area (TPSA) is 28.1 Å². The van der Waals surface area contributed by atoms with Crippen LogP contribution >= 0.6 is 0 Å². The van der Waals surface area contributed by atoms with Crippen LogP contribution in [0.3, 0.4) is 0 Å². The molecular weight excluding hydrogens is 214 g/mol. The molecule has 1 saturated heterocycles. The average Bonchev–Trinajstić information content (AvgIpc) is 2.64. The van der Waals surface area contributed by atoms with Crippen LogP contribution in [0.4, 0.5) is 5.69 Å². The van der Waals surface area contributed by atoms with Gasteiger partial charge in [-0.15, -0.1) is 0 Å². The van der Waals surface area contributed by atoms with E-state index in [9.17, 15) is 0 Å². The third-order valence-corrected chi connectivity index (χ3v) is 2.84. The van der Waals surface area contributed by atoms with Crippen LogP contribution < -0.4 is 4.74 Å². The van der Waals surface area contributed by atoms with Gasteiger partial charge in [-0.1, -0.05) is 12.1 Å². The minimum absolute atomic E-state index is 0.660. The Hall–Kier alpha value is -1.71. The zero-order valence-electron chi connectivity index (χ0n) is 10.7. The molecule has 92 valence electrons. The first-order chi connectivity index (χ1) is 8.22. The number of aliphatic imine (C=N–C) groups is 1. The van der Waals surface area contributed by atoms with Gasteiger partial charge in [0.25, 0.3) is 0 Å². The normalized spacial score (nSPS) is 15.4. The van der Waals surface area contributed by atoms with Crippen molar-refractivity contribution in [3.63, 3.8) is 0 Å². The number of ether oxygens (including phenoxy) is 1. The van der Waals surface area contributed by atoms with Crippen LogP contribution in [0.25, 0.3) is 0 Å². The predicted molar refractivity (Wildman–Crippen MR) is 70.0 cm³/mol. The highest BCUT2D eigenvalue weighted by molar-refractivity contribution is 5.84. The summed E-state index contributed by atoms with van der Waals surface area (Å²) in [7, 11) is 4.12. The van der Waals surface area contributed by atoms with Gasteiger partial charge in [-0.25, -0.2) is 4.99 Å². The highest BCUT2D eigenvalue weighted by Crippen LogP contribution is 2.27. The van der Waals surface area contributed by atoms with Crippen molar-refractivity contribution >= 4 is 11.6 Å². The van der Waals surface area contributed by atoms with Gasteiger partial charge < -0.3 is 14.5 Å². The van der Waals surface area contributed by atoms with Crippen LogP contribution in [0, 0.1) is 0 Å². The molecule has 4 heteroatoms. The van der Waals surface area contributed by atoms with Crippen LogP contribution in [0.1, 0.15) is 6.92 Å². The first-order valence-corrected chi connectivity index (χ1v) is 5.95. The smallest absolute Gasteiger partial charge is 0.201 e. The summed E-state index contributed by atoms with van der Waals surface area (Å²) >= 11 is 0. The minimum atomic E-state index is 0.660. The lowest BCUT2D eigenvalue weighted by molar-refractivity contribution is 0.341. The molecule has 1 aliphatic rings. The SMILES string of the molecule is CCOc1ccccc1N=C1N(C)CCN1C. The third kappa shape index (κ3) is 2.52. The highest BCUT2D eigenvalue weighted by atomic mass is 16.5. The van der Waals surface area contributed by atoms with Crippen LogP contribution in [0.15, 0.2) is 29.3 Å². The second kappa shape index (κ2) is 5.08. The van der Waals surface area contributed by atoms with E-state index in [0.717, 1.165) is 30.5 Å². The Bertz CT molecular complexity index is 405. The number of para-hydroxylation sites is 2. The molecule has 4 nitrogen and oxygen atoms in total. The molecule has 1 aromatic carbocycles. The minimum Gasteiger partial charge on any atom is -0.492 e. The standard InChI is InChI=1S/C13H19N3O/c1-4-17-12-8-6-5-7-11(12)14-13-15(2)9-10-16(13)3/h5-8H,4,9-10H2,1-3H3. The second-order valence-electron chi connectivity index (χ2n) is 4.16. The predicted octanol–water partition coefficient (Wildman–Crippen LogP) is 1.95. The van der Waals surface area contributed by atoms with E-state index in [1.807, 2.05) is 31.2 Å². The molecule has 1 fully saturated rings. The number of guanidine groups is 1. The fourth-order valence-electron chi connectivity index (χ4n) is 1.90. The van der Waals surface area contributed by atoms with E-state index >= 15 is 0 Å². The molecule has 17 heavy (non-hydrogen) atoms. The molecule has 0 saturated carbocycles. The fourth-order valence-corrected chi connectivity index (χ4v) is 1.90. The summed E-state index contributed by atoms with van der Waals surface area (Å²) in [4.78, 5) is 8.99. The van der Waals surface area contributed by atoms with E-state index in [1.165, 1.54) is 0 Å². The number of rotatable bonds is 3. The molecule has 1 heterocycles. The van der Waals surface area contributed by atoms with E-state index in [-0.39, 0.29) is 0 Å². The van der Waals surface area contributed by atoms with E-state index in [2.05, 4.69) is 28.9 Å². The van der Waals surface area contributed by atoms with Crippen molar-refractivity contribution in [2.45, 2.75) is 6.92 Å². The molecular formula is C13H19N3O. The first kappa shape index (κ1) is 11.8. The molecule has 0 N–H and O–H groups in total. The zero-order valence-corrected chi connectivity index (χ0v) is 10.7. The lowest BCUT2D eigenvalue weighted by Crippen LogP contribution is -2.27. The quantitative estimate of drug-likeness (QED) is 0.798. The molecule has 0 aromatic heterocycles. The second-order valence-corrected chi connectivity index (χ2v) is 4.16. The maximum Gasteiger partial charge on any atom is 0.201 e. The van der Waals surface area contributed by atoms with E-state index in [4.69, 9.17) is 4.74 Å².